The minimum atomic E-state index is -0.161. The van der Waals surface area contributed by atoms with E-state index >= 15 is 0 Å². The molecular weight excluding hydrogens is 342 g/mol. The van der Waals surface area contributed by atoms with E-state index in [9.17, 15) is 4.79 Å². The molecule has 0 saturated heterocycles. The molecule has 0 aliphatic rings. The van der Waals surface area contributed by atoms with Gasteiger partial charge in [0.25, 0.3) is 5.91 Å². The van der Waals surface area contributed by atoms with Crippen LogP contribution in [0.4, 0.5) is 0 Å². The average molecular weight is 365 g/mol. The van der Waals surface area contributed by atoms with Crippen LogP contribution in [-0.2, 0) is 6.54 Å². The van der Waals surface area contributed by atoms with Gasteiger partial charge < -0.3 is 14.4 Å². The van der Waals surface area contributed by atoms with E-state index in [-0.39, 0.29) is 5.91 Å². The molecule has 27 heavy (non-hydrogen) atoms. The van der Waals surface area contributed by atoms with Gasteiger partial charge in [-0.05, 0) is 36.8 Å². The number of carbonyl (C=O) groups is 1. The molecule has 140 valence electrons. The summed E-state index contributed by atoms with van der Waals surface area (Å²) in [7, 11) is 4.99. The lowest BCUT2D eigenvalue weighted by molar-refractivity contribution is 0.0778. The first kappa shape index (κ1) is 18.5. The number of nitrogens with zero attached hydrogens (tertiary/aromatic N) is 3. The molecule has 3 aromatic rings. The highest BCUT2D eigenvalue weighted by atomic mass is 16.5. The van der Waals surface area contributed by atoms with Crippen molar-refractivity contribution < 1.29 is 14.3 Å². The number of amides is 1. The molecule has 0 N–H and O–H groups in total. The number of hydrogen-bond donors (Lipinski definition) is 0. The van der Waals surface area contributed by atoms with Gasteiger partial charge >= 0.3 is 0 Å². The van der Waals surface area contributed by atoms with Gasteiger partial charge in [0.05, 0.1) is 14.2 Å². The summed E-state index contributed by atoms with van der Waals surface area (Å²) in [6.07, 6.45) is 1.77. The molecule has 0 radical (unpaired) electrons. The van der Waals surface area contributed by atoms with Crippen molar-refractivity contribution in [2.45, 2.75) is 13.5 Å². The Balaban J connectivity index is 1.82. The van der Waals surface area contributed by atoms with E-state index < -0.39 is 0 Å². The summed E-state index contributed by atoms with van der Waals surface area (Å²) in [6.45, 7) is 2.43. The van der Waals surface area contributed by atoms with Crippen molar-refractivity contribution in [3.05, 3.63) is 71.5 Å². The van der Waals surface area contributed by atoms with Crippen molar-refractivity contribution in [1.29, 1.82) is 0 Å². The second-order valence-electron chi connectivity index (χ2n) is 6.29. The van der Waals surface area contributed by atoms with Crippen molar-refractivity contribution >= 4 is 5.91 Å². The zero-order valence-corrected chi connectivity index (χ0v) is 16.0. The molecule has 0 aliphatic heterocycles. The second kappa shape index (κ2) is 7.95. The van der Waals surface area contributed by atoms with E-state index in [4.69, 9.17) is 9.47 Å². The lowest BCUT2D eigenvalue weighted by Crippen LogP contribution is -2.27. The van der Waals surface area contributed by atoms with Crippen LogP contribution in [0.3, 0.4) is 0 Å². The van der Waals surface area contributed by atoms with Gasteiger partial charge in [0.2, 0.25) is 0 Å². The van der Waals surface area contributed by atoms with Gasteiger partial charge in [0, 0.05) is 25.4 Å². The standard InChI is InChI=1S/C21H23N3O3/c1-15-9-10-20(27-4)18(13-15)24-12-11-17(22-24)21(25)23(2)14-16-7-5-6-8-19(16)26-3/h5-13H,14H2,1-4H3. The molecule has 2 aromatic carbocycles. The van der Waals surface area contributed by atoms with Gasteiger partial charge in [-0.25, -0.2) is 4.68 Å². The number of carbonyl (C=O) groups excluding carboxylic acids is 1. The van der Waals surface area contributed by atoms with E-state index in [2.05, 4.69) is 5.10 Å². The fraction of sp³-hybridized carbons (Fsp3) is 0.238. The summed E-state index contributed by atoms with van der Waals surface area (Å²) < 4.78 is 12.4. The number of rotatable bonds is 6. The number of aryl methyl sites for hydroxylation is 1. The number of para-hydroxylation sites is 1. The van der Waals surface area contributed by atoms with Crippen LogP contribution in [-0.4, -0.2) is 41.9 Å². The molecule has 0 unspecified atom stereocenters. The molecular formula is C21H23N3O3. The van der Waals surface area contributed by atoms with Crippen LogP contribution in [0.15, 0.2) is 54.7 Å². The largest absolute Gasteiger partial charge is 0.496 e. The molecule has 0 spiro atoms. The minimum absolute atomic E-state index is 0.161. The monoisotopic (exact) mass is 365 g/mol. The molecule has 1 amide bonds. The lowest BCUT2D eigenvalue weighted by Gasteiger charge is -2.17. The highest BCUT2D eigenvalue weighted by Crippen LogP contribution is 2.24. The zero-order chi connectivity index (χ0) is 19.4. The van der Waals surface area contributed by atoms with Gasteiger partial charge in [-0.15, -0.1) is 0 Å². The Morgan fingerprint density at radius 1 is 1.07 bits per heavy atom. The number of methoxy groups -OCH3 is 2. The molecule has 1 heterocycles. The average Bonchev–Trinajstić information content (AvgIpc) is 3.17. The molecule has 1 aromatic heterocycles. The van der Waals surface area contributed by atoms with Gasteiger partial charge in [0.15, 0.2) is 5.69 Å². The van der Waals surface area contributed by atoms with Crippen LogP contribution < -0.4 is 9.47 Å². The number of ether oxygens (including phenoxy) is 2. The lowest BCUT2D eigenvalue weighted by atomic mass is 10.2. The summed E-state index contributed by atoms with van der Waals surface area (Å²) in [4.78, 5) is 14.4. The van der Waals surface area contributed by atoms with E-state index in [1.165, 1.54) is 0 Å². The van der Waals surface area contributed by atoms with Gasteiger partial charge in [-0.2, -0.15) is 5.10 Å². The predicted molar refractivity (Wildman–Crippen MR) is 104 cm³/mol. The first-order chi connectivity index (χ1) is 13.0. The summed E-state index contributed by atoms with van der Waals surface area (Å²) in [5, 5.41) is 4.45. The quantitative estimate of drug-likeness (QED) is 0.671. The zero-order valence-electron chi connectivity index (χ0n) is 16.0. The SMILES string of the molecule is COc1ccccc1CN(C)C(=O)c1ccn(-c2cc(C)ccc2OC)n1. The van der Waals surface area contributed by atoms with Crippen LogP contribution in [0.1, 0.15) is 21.6 Å². The highest BCUT2D eigenvalue weighted by Gasteiger charge is 2.17. The normalized spacial score (nSPS) is 10.5. The second-order valence-corrected chi connectivity index (χ2v) is 6.29. The summed E-state index contributed by atoms with van der Waals surface area (Å²) in [5.41, 5.74) is 3.19. The smallest absolute Gasteiger partial charge is 0.274 e. The Bertz CT molecular complexity index is 949. The molecule has 0 aliphatic carbocycles. The van der Waals surface area contributed by atoms with Crippen molar-refractivity contribution in [2.75, 3.05) is 21.3 Å². The third kappa shape index (κ3) is 3.95. The molecule has 0 saturated carbocycles. The molecule has 6 nitrogen and oxygen atoms in total. The Labute approximate surface area is 158 Å². The van der Waals surface area contributed by atoms with Crippen molar-refractivity contribution in [2.24, 2.45) is 0 Å². The maximum atomic E-state index is 12.8. The maximum absolute atomic E-state index is 12.8. The Morgan fingerprint density at radius 2 is 1.81 bits per heavy atom. The van der Waals surface area contributed by atoms with Crippen LogP contribution in [0.25, 0.3) is 5.69 Å². The summed E-state index contributed by atoms with van der Waals surface area (Å²) in [5.74, 6) is 1.29. The Kier molecular flexibility index (Phi) is 5.45. The summed E-state index contributed by atoms with van der Waals surface area (Å²) in [6, 6.07) is 15.2. The maximum Gasteiger partial charge on any atom is 0.274 e. The molecule has 0 fully saturated rings. The van der Waals surface area contributed by atoms with Gasteiger partial charge in [-0.1, -0.05) is 24.3 Å². The number of hydrogen-bond acceptors (Lipinski definition) is 4. The number of aromatic nitrogens is 2. The highest BCUT2D eigenvalue weighted by molar-refractivity contribution is 5.92. The number of benzene rings is 2. The fourth-order valence-corrected chi connectivity index (χ4v) is 2.91. The first-order valence-corrected chi connectivity index (χ1v) is 8.61. The molecule has 0 atom stereocenters. The van der Waals surface area contributed by atoms with E-state index in [0.29, 0.717) is 18.0 Å². The predicted octanol–water partition coefficient (Wildman–Crippen LogP) is 3.47. The van der Waals surface area contributed by atoms with E-state index in [0.717, 1.165) is 22.6 Å². The molecule has 6 heteroatoms. The molecule has 0 bridgehead atoms. The topological polar surface area (TPSA) is 56.6 Å². The summed E-state index contributed by atoms with van der Waals surface area (Å²) >= 11 is 0. The third-order valence-corrected chi connectivity index (χ3v) is 4.34. The van der Waals surface area contributed by atoms with Gasteiger partial charge in [0.1, 0.15) is 17.2 Å². The third-order valence-electron chi connectivity index (χ3n) is 4.34. The first-order valence-electron chi connectivity index (χ1n) is 8.61. The van der Waals surface area contributed by atoms with Crippen molar-refractivity contribution in [3.63, 3.8) is 0 Å². The molecule has 3 rings (SSSR count). The van der Waals surface area contributed by atoms with Crippen molar-refractivity contribution in [3.8, 4) is 17.2 Å². The van der Waals surface area contributed by atoms with Crippen LogP contribution in [0, 0.1) is 6.92 Å². The fourth-order valence-electron chi connectivity index (χ4n) is 2.91. The van der Waals surface area contributed by atoms with Gasteiger partial charge in [-0.3, -0.25) is 4.79 Å². The van der Waals surface area contributed by atoms with Crippen LogP contribution in [0.5, 0.6) is 11.5 Å². The Hall–Kier alpha value is -3.28. The van der Waals surface area contributed by atoms with E-state index in [1.807, 2.05) is 49.4 Å². The van der Waals surface area contributed by atoms with E-state index in [1.54, 1.807) is 43.1 Å². The van der Waals surface area contributed by atoms with Crippen LogP contribution >= 0.6 is 0 Å². The Morgan fingerprint density at radius 3 is 2.56 bits per heavy atom. The van der Waals surface area contributed by atoms with Crippen molar-refractivity contribution in [1.82, 2.24) is 14.7 Å². The minimum Gasteiger partial charge on any atom is -0.496 e. The van der Waals surface area contributed by atoms with Crippen LogP contribution in [0.2, 0.25) is 0 Å².